The average molecular weight is 301 g/mol. The van der Waals surface area contributed by atoms with Crippen molar-refractivity contribution in [1.29, 1.82) is 0 Å². The summed E-state index contributed by atoms with van der Waals surface area (Å²) in [5.74, 6) is 1.54. The number of ether oxygens (including phenoxy) is 1. The maximum Gasteiger partial charge on any atom is 0.315 e. The van der Waals surface area contributed by atoms with Gasteiger partial charge >= 0.3 is 6.03 Å². The number of urea groups is 1. The van der Waals surface area contributed by atoms with Crippen LogP contribution in [-0.4, -0.2) is 27.4 Å². The molecule has 0 fully saturated rings. The SMILES string of the molecule is C[C@H](NC(=O)N[C@H]1CCOc2ccccc21)c1nncn1C. The Hall–Kier alpha value is -2.57. The minimum atomic E-state index is -0.225. The first kappa shape index (κ1) is 14.4. The maximum atomic E-state index is 12.2. The second kappa shape index (κ2) is 6.05. The number of carbonyl (C=O) groups is 1. The Labute approximate surface area is 128 Å². The molecule has 7 nitrogen and oxygen atoms in total. The zero-order valence-electron chi connectivity index (χ0n) is 12.6. The smallest absolute Gasteiger partial charge is 0.315 e. The largest absolute Gasteiger partial charge is 0.493 e. The van der Waals surface area contributed by atoms with Crippen molar-refractivity contribution in [2.75, 3.05) is 6.61 Å². The molecule has 0 saturated carbocycles. The van der Waals surface area contributed by atoms with Crippen LogP contribution >= 0.6 is 0 Å². The van der Waals surface area contributed by atoms with Crippen LogP contribution in [0.25, 0.3) is 0 Å². The van der Waals surface area contributed by atoms with E-state index in [1.54, 1.807) is 10.9 Å². The zero-order valence-corrected chi connectivity index (χ0v) is 12.6. The van der Waals surface area contributed by atoms with Gasteiger partial charge in [-0.15, -0.1) is 10.2 Å². The minimum absolute atomic E-state index is 0.0448. The number of fused-ring (bicyclic) bond motifs is 1. The van der Waals surface area contributed by atoms with E-state index in [0.29, 0.717) is 12.4 Å². The highest BCUT2D eigenvalue weighted by Gasteiger charge is 2.23. The van der Waals surface area contributed by atoms with Crippen LogP contribution in [0.4, 0.5) is 4.79 Å². The van der Waals surface area contributed by atoms with Crippen molar-refractivity contribution in [2.45, 2.75) is 25.4 Å². The van der Waals surface area contributed by atoms with Crippen molar-refractivity contribution in [2.24, 2.45) is 7.05 Å². The third-order valence-electron chi connectivity index (χ3n) is 3.75. The van der Waals surface area contributed by atoms with E-state index in [2.05, 4.69) is 20.8 Å². The van der Waals surface area contributed by atoms with Crippen molar-refractivity contribution in [3.8, 4) is 5.75 Å². The summed E-state index contributed by atoms with van der Waals surface area (Å²) >= 11 is 0. The molecule has 3 rings (SSSR count). The number of aryl methyl sites for hydroxylation is 1. The van der Waals surface area contributed by atoms with Gasteiger partial charge in [0, 0.05) is 19.0 Å². The summed E-state index contributed by atoms with van der Waals surface area (Å²) in [5.41, 5.74) is 1.01. The molecule has 2 aromatic rings. The van der Waals surface area contributed by atoms with Gasteiger partial charge in [-0.3, -0.25) is 0 Å². The van der Waals surface area contributed by atoms with Crippen molar-refractivity contribution in [1.82, 2.24) is 25.4 Å². The molecule has 1 aliphatic rings. The van der Waals surface area contributed by atoms with E-state index in [0.717, 1.165) is 17.7 Å². The standard InChI is InChI=1S/C15H19N5O2/c1-10(14-19-16-9-20(14)2)17-15(21)18-12-7-8-22-13-6-4-3-5-11(12)13/h3-6,9-10,12H,7-8H2,1-2H3,(H2,17,18,21)/t10-,12-/m0/s1. The van der Waals surface area contributed by atoms with Crippen molar-refractivity contribution in [3.05, 3.63) is 42.0 Å². The van der Waals surface area contributed by atoms with Crippen LogP contribution in [0.5, 0.6) is 5.75 Å². The molecule has 116 valence electrons. The summed E-state index contributed by atoms with van der Waals surface area (Å²) in [4.78, 5) is 12.2. The molecule has 0 saturated heterocycles. The van der Waals surface area contributed by atoms with Gasteiger partial charge in [0.1, 0.15) is 12.1 Å². The molecule has 22 heavy (non-hydrogen) atoms. The Balaban J connectivity index is 1.64. The Bertz CT molecular complexity index is 669. The van der Waals surface area contributed by atoms with E-state index in [1.807, 2.05) is 38.2 Å². The fraction of sp³-hybridized carbons (Fsp3) is 0.400. The first-order chi connectivity index (χ1) is 10.6. The fourth-order valence-electron chi connectivity index (χ4n) is 2.64. The molecule has 0 bridgehead atoms. The molecule has 2 amide bonds. The van der Waals surface area contributed by atoms with E-state index in [-0.39, 0.29) is 18.1 Å². The molecule has 2 heterocycles. The van der Waals surface area contributed by atoms with Gasteiger partial charge in [-0.05, 0) is 13.0 Å². The number of amides is 2. The topological polar surface area (TPSA) is 81.1 Å². The van der Waals surface area contributed by atoms with E-state index in [1.165, 1.54) is 0 Å². The molecule has 0 aliphatic carbocycles. The van der Waals surface area contributed by atoms with Crippen LogP contribution < -0.4 is 15.4 Å². The molecule has 0 radical (unpaired) electrons. The lowest BCUT2D eigenvalue weighted by Crippen LogP contribution is -2.41. The van der Waals surface area contributed by atoms with Gasteiger partial charge in [0.05, 0.1) is 18.7 Å². The van der Waals surface area contributed by atoms with E-state index in [9.17, 15) is 4.79 Å². The molecule has 1 aliphatic heterocycles. The molecule has 7 heteroatoms. The number of para-hydroxylation sites is 1. The first-order valence-electron chi connectivity index (χ1n) is 7.28. The highest BCUT2D eigenvalue weighted by molar-refractivity contribution is 5.75. The number of hydrogen-bond donors (Lipinski definition) is 2. The number of benzene rings is 1. The van der Waals surface area contributed by atoms with Crippen molar-refractivity contribution in [3.63, 3.8) is 0 Å². The Kier molecular flexibility index (Phi) is 3.95. The van der Waals surface area contributed by atoms with Gasteiger partial charge in [-0.1, -0.05) is 18.2 Å². The molecule has 0 unspecified atom stereocenters. The summed E-state index contributed by atoms with van der Waals surface area (Å²) < 4.78 is 7.38. The Morgan fingerprint density at radius 3 is 3.05 bits per heavy atom. The van der Waals surface area contributed by atoms with Crippen LogP contribution in [0.2, 0.25) is 0 Å². The number of aromatic nitrogens is 3. The van der Waals surface area contributed by atoms with Crippen LogP contribution in [0, 0.1) is 0 Å². The average Bonchev–Trinajstić information content (AvgIpc) is 2.94. The summed E-state index contributed by atoms with van der Waals surface area (Å²) in [6, 6.07) is 7.28. The fourth-order valence-corrected chi connectivity index (χ4v) is 2.64. The van der Waals surface area contributed by atoms with E-state index < -0.39 is 0 Å². The number of hydrogen-bond acceptors (Lipinski definition) is 4. The normalized spacial score (nSPS) is 18.0. The third-order valence-corrected chi connectivity index (χ3v) is 3.75. The van der Waals surface area contributed by atoms with E-state index in [4.69, 9.17) is 4.74 Å². The predicted octanol–water partition coefficient (Wildman–Crippen LogP) is 1.70. The Morgan fingerprint density at radius 2 is 2.27 bits per heavy atom. The highest BCUT2D eigenvalue weighted by Crippen LogP contribution is 2.31. The summed E-state index contributed by atoms with van der Waals surface area (Å²) in [7, 11) is 1.85. The molecule has 1 aromatic heterocycles. The minimum Gasteiger partial charge on any atom is -0.493 e. The van der Waals surface area contributed by atoms with E-state index >= 15 is 0 Å². The quantitative estimate of drug-likeness (QED) is 0.904. The van der Waals surface area contributed by atoms with Crippen LogP contribution in [0.1, 0.15) is 36.8 Å². The van der Waals surface area contributed by atoms with Gasteiger partial charge < -0.3 is 19.9 Å². The molecular weight excluding hydrogens is 282 g/mol. The summed E-state index contributed by atoms with van der Waals surface area (Å²) in [6.45, 7) is 2.47. The van der Waals surface area contributed by atoms with Crippen molar-refractivity contribution < 1.29 is 9.53 Å². The lowest BCUT2D eigenvalue weighted by atomic mass is 10.0. The van der Waals surface area contributed by atoms with Crippen LogP contribution in [0.3, 0.4) is 0 Å². The monoisotopic (exact) mass is 301 g/mol. The number of nitrogens with zero attached hydrogens (tertiary/aromatic N) is 3. The van der Waals surface area contributed by atoms with Crippen LogP contribution in [0.15, 0.2) is 30.6 Å². The van der Waals surface area contributed by atoms with Gasteiger partial charge in [0.25, 0.3) is 0 Å². The zero-order chi connectivity index (χ0) is 15.5. The van der Waals surface area contributed by atoms with Gasteiger partial charge in [-0.2, -0.15) is 0 Å². The van der Waals surface area contributed by atoms with Crippen molar-refractivity contribution >= 4 is 6.03 Å². The Morgan fingerprint density at radius 1 is 1.45 bits per heavy atom. The second-order valence-corrected chi connectivity index (χ2v) is 5.37. The third kappa shape index (κ3) is 2.88. The lowest BCUT2D eigenvalue weighted by Gasteiger charge is -2.27. The second-order valence-electron chi connectivity index (χ2n) is 5.37. The molecular formula is C15H19N5O2. The number of carbonyl (C=O) groups excluding carboxylic acids is 1. The molecule has 2 N–H and O–H groups in total. The highest BCUT2D eigenvalue weighted by atomic mass is 16.5. The van der Waals surface area contributed by atoms with Gasteiger partial charge in [0.15, 0.2) is 5.82 Å². The van der Waals surface area contributed by atoms with Crippen LogP contribution in [-0.2, 0) is 7.05 Å². The summed E-state index contributed by atoms with van der Waals surface area (Å²) in [6.07, 6.45) is 2.36. The van der Waals surface area contributed by atoms with Gasteiger partial charge in [0.2, 0.25) is 0 Å². The number of rotatable bonds is 3. The molecule has 1 aromatic carbocycles. The first-order valence-corrected chi connectivity index (χ1v) is 7.28. The van der Waals surface area contributed by atoms with Gasteiger partial charge in [-0.25, -0.2) is 4.79 Å². The summed E-state index contributed by atoms with van der Waals surface area (Å²) in [5, 5.41) is 13.7. The lowest BCUT2D eigenvalue weighted by molar-refractivity contribution is 0.220. The molecule has 0 spiro atoms. The predicted molar refractivity (Wildman–Crippen MR) is 80.4 cm³/mol. The maximum absolute atomic E-state index is 12.2. The number of nitrogens with one attached hydrogen (secondary N) is 2. The molecule has 2 atom stereocenters.